The first kappa shape index (κ1) is 16.7. The summed E-state index contributed by atoms with van der Waals surface area (Å²) < 4.78 is 8.67. The topological polar surface area (TPSA) is 122 Å². The second-order valence-electron chi connectivity index (χ2n) is 3.55. The fourth-order valence-electron chi connectivity index (χ4n) is 1.04. The summed E-state index contributed by atoms with van der Waals surface area (Å²) in [6, 6.07) is -2.25. The lowest BCUT2D eigenvalue weighted by Gasteiger charge is -2.19. The molecule has 0 aromatic heterocycles. The van der Waals surface area contributed by atoms with E-state index in [1.807, 2.05) is 0 Å². The number of amides is 2. The fraction of sp³-hybridized carbons (Fsp3) is 0.600. The minimum Gasteiger partial charge on any atom is -0.480 e. The first-order valence-corrected chi connectivity index (χ1v) is 5.19. The molecule has 0 rings (SSSR count). The molecular weight excluding hydrogens is 260 g/mol. The van der Waals surface area contributed by atoms with Crippen LogP contribution in [-0.4, -0.2) is 67.8 Å². The summed E-state index contributed by atoms with van der Waals surface area (Å²) in [7, 11) is 3.54. The molecule has 0 aliphatic carbocycles. The molecule has 0 aliphatic rings. The van der Waals surface area contributed by atoms with Crippen LogP contribution in [0.4, 0.5) is 4.79 Å². The highest BCUT2D eigenvalue weighted by atomic mass is 16.5. The predicted octanol–water partition coefficient (Wildman–Crippen LogP) is -1.18. The largest absolute Gasteiger partial charge is 0.480 e. The maximum absolute atomic E-state index is 11.6. The Morgan fingerprint density at radius 1 is 1.16 bits per heavy atom. The van der Waals surface area contributed by atoms with Gasteiger partial charge in [0, 0.05) is 7.05 Å². The van der Waals surface area contributed by atoms with Crippen LogP contribution in [0.15, 0.2) is 0 Å². The quantitative estimate of drug-likeness (QED) is 0.585. The van der Waals surface area contributed by atoms with Crippen LogP contribution < -0.4 is 5.32 Å². The van der Waals surface area contributed by atoms with E-state index in [2.05, 4.69) is 14.8 Å². The molecule has 108 valence electrons. The summed E-state index contributed by atoms with van der Waals surface area (Å²) in [6.07, 6.45) is -0.510. The van der Waals surface area contributed by atoms with Gasteiger partial charge in [-0.3, -0.25) is 9.59 Å². The predicted molar refractivity (Wildman–Crippen MR) is 61.2 cm³/mol. The van der Waals surface area contributed by atoms with Crippen molar-refractivity contribution >= 4 is 23.9 Å². The van der Waals surface area contributed by atoms with Crippen LogP contribution in [0.25, 0.3) is 0 Å². The first-order chi connectivity index (χ1) is 8.81. The van der Waals surface area contributed by atoms with Gasteiger partial charge in [0.25, 0.3) is 0 Å². The van der Waals surface area contributed by atoms with Crippen molar-refractivity contribution in [2.75, 3.05) is 27.8 Å². The fourth-order valence-corrected chi connectivity index (χ4v) is 1.04. The number of carbonyl (C=O) groups excluding carboxylic acids is 3. The molecule has 0 fully saturated rings. The maximum atomic E-state index is 11.6. The van der Waals surface area contributed by atoms with Crippen LogP contribution in [0.2, 0.25) is 0 Å². The maximum Gasteiger partial charge on any atom is 0.326 e. The van der Waals surface area contributed by atoms with E-state index >= 15 is 0 Å². The normalized spacial score (nSPS) is 11.1. The highest BCUT2D eigenvalue weighted by Gasteiger charge is 2.25. The average molecular weight is 276 g/mol. The van der Waals surface area contributed by atoms with E-state index < -0.39 is 36.4 Å². The van der Waals surface area contributed by atoms with Crippen LogP contribution in [0.5, 0.6) is 0 Å². The minimum atomic E-state index is -1.43. The molecular formula is C10H16N2O7. The van der Waals surface area contributed by atoms with E-state index in [1.54, 1.807) is 0 Å². The number of likely N-dealkylation sites (N-methyl/N-ethyl adjacent to an activating group) is 1. The van der Waals surface area contributed by atoms with Gasteiger partial charge in [-0.05, 0) is 0 Å². The number of aliphatic carboxylic acids is 1. The number of carbonyl (C=O) groups is 4. The van der Waals surface area contributed by atoms with Crippen molar-refractivity contribution in [2.45, 2.75) is 12.5 Å². The van der Waals surface area contributed by atoms with Crippen LogP contribution in [0.1, 0.15) is 6.42 Å². The minimum absolute atomic E-state index is 0.340. The molecule has 0 radical (unpaired) electrons. The zero-order chi connectivity index (χ0) is 15.0. The Labute approximate surface area is 109 Å². The lowest BCUT2D eigenvalue weighted by atomic mass is 10.2. The molecule has 9 nitrogen and oxygen atoms in total. The molecule has 0 bridgehead atoms. The van der Waals surface area contributed by atoms with Crippen molar-refractivity contribution in [1.29, 1.82) is 0 Å². The number of ether oxygens (including phenoxy) is 2. The molecule has 19 heavy (non-hydrogen) atoms. The Hall–Kier alpha value is -2.32. The zero-order valence-electron chi connectivity index (χ0n) is 10.8. The van der Waals surface area contributed by atoms with Gasteiger partial charge in [-0.1, -0.05) is 0 Å². The SMILES string of the molecule is COC(=O)C[C@H](NC(=O)N(C)CC(=O)OC)C(=O)O. The Balaban J connectivity index is 4.50. The molecule has 1 atom stereocenters. The van der Waals surface area contributed by atoms with Gasteiger partial charge in [0.1, 0.15) is 12.6 Å². The number of carboxylic acids is 1. The molecule has 0 aromatic rings. The van der Waals surface area contributed by atoms with Crippen molar-refractivity contribution in [3.63, 3.8) is 0 Å². The molecule has 2 amide bonds. The smallest absolute Gasteiger partial charge is 0.326 e. The van der Waals surface area contributed by atoms with Crippen LogP contribution >= 0.6 is 0 Å². The second-order valence-corrected chi connectivity index (χ2v) is 3.55. The van der Waals surface area contributed by atoms with Crippen molar-refractivity contribution < 1.29 is 33.8 Å². The Bertz CT molecular complexity index is 369. The lowest BCUT2D eigenvalue weighted by Crippen LogP contribution is -2.48. The Morgan fingerprint density at radius 2 is 1.68 bits per heavy atom. The van der Waals surface area contributed by atoms with Crippen molar-refractivity contribution in [3.05, 3.63) is 0 Å². The van der Waals surface area contributed by atoms with E-state index in [4.69, 9.17) is 5.11 Å². The number of urea groups is 1. The van der Waals surface area contributed by atoms with Crippen LogP contribution in [0, 0.1) is 0 Å². The van der Waals surface area contributed by atoms with Crippen LogP contribution in [0.3, 0.4) is 0 Å². The average Bonchev–Trinajstić information content (AvgIpc) is 2.36. The van der Waals surface area contributed by atoms with Gasteiger partial charge >= 0.3 is 23.9 Å². The van der Waals surface area contributed by atoms with Gasteiger partial charge in [0.2, 0.25) is 0 Å². The summed E-state index contributed by atoms with van der Waals surface area (Å²) in [5.41, 5.74) is 0. The third-order valence-corrected chi connectivity index (χ3v) is 2.13. The molecule has 0 aliphatic heterocycles. The second kappa shape index (κ2) is 7.90. The highest BCUT2D eigenvalue weighted by molar-refractivity contribution is 5.87. The monoisotopic (exact) mass is 276 g/mol. The van der Waals surface area contributed by atoms with Crippen molar-refractivity contribution in [1.82, 2.24) is 10.2 Å². The van der Waals surface area contributed by atoms with Crippen molar-refractivity contribution in [2.24, 2.45) is 0 Å². The molecule has 9 heteroatoms. The number of nitrogens with zero attached hydrogens (tertiary/aromatic N) is 1. The van der Waals surface area contributed by atoms with Crippen molar-refractivity contribution in [3.8, 4) is 0 Å². The van der Waals surface area contributed by atoms with Gasteiger partial charge in [-0.15, -0.1) is 0 Å². The molecule has 0 aromatic carbocycles. The van der Waals surface area contributed by atoms with Crippen LogP contribution in [-0.2, 0) is 23.9 Å². The summed E-state index contributed by atoms with van der Waals surface area (Å²) in [5.74, 6) is -2.81. The van der Waals surface area contributed by atoms with Gasteiger partial charge in [0.15, 0.2) is 0 Å². The number of hydrogen-bond acceptors (Lipinski definition) is 6. The summed E-state index contributed by atoms with van der Waals surface area (Å²) in [5, 5.41) is 10.9. The van der Waals surface area contributed by atoms with Gasteiger partial charge in [0.05, 0.1) is 20.6 Å². The molecule has 0 saturated heterocycles. The molecule has 0 spiro atoms. The number of esters is 2. The summed E-state index contributed by atoms with van der Waals surface area (Å²) in [4.78, 5) is 45.3. The summed E-state index contributed by atoms with van der Waals surface area (Å²) >= 11 is 0. The number of hydrogen-bond donors (Lipinski definition) is 2. The highest BCUT2D eigenvalue weighted by Crippen LogP contribution is 1.97. The lowest BCUT2D eigenvalue weighted by molar-refractivity contribution is -0.147. The number of carboxylic acid groups (broad SMARTS) is 1. The van der Waals surface area contributed by atoms with E-state index in [0.717, 1.165) is 19.1 Å². The van der Waals surface area contributed by atoms with Gasteiger partial charge < -0.3 is 24.8 Å². The number of nitrogens with one attached hydrogen (secondary N) is 1. The molecule has 0 heterocycles. The van der Waals surface area contributed by atoms with Gasteiger partial charge in [-0.2, -0.15) is 0 Å². The van der Waals surface area contributed by atoms with E-state index in [-0.39, 0.29) is 6.54 Å². The third-order valence-electron chi connectivity index (χ3n) is 2.13. The third kappa shape index (κ3) is 6.24. The van der Waals surface area contributed by atoms with E-state index in [0.29, 0.717) is 0 Å². The number of methoxy groups -OCH3 is 2. The summed E-state index contributed by atoms with van der Waals surface area (Å²) in [6.45, 7) is -0.340. The molecule has 0 unspecified atom stereocenters. The standard InChI is InChI=1S/C10H16N2O7/c1-12(5-8(14)19-3)10(17)11-6(9(15)16)4-7(13)18-2/h6H,4-5H2,1-3H3,(H,11,17)(H,15,16)/t6-/m0/s1. The molecule has 0 saturated carbocycles. The van der Waals surface area contributed by atoms with Gasteiger partial charge in [-0.25, -0.2) is 9.59 Å². The van der Waals surface area contributed by atoms with E-state index in [1.165, 1.54) is 7.05 Å². The molecule has 2 N–H and O–H groups in total. The number of rotatable bonds is 6. The Morgan fingerprint density at radius 3 is 2.11 bits per heavy atom. The first-order valence-electron chi connectivity index (χ1n) is 5.19. The van der Waals surface area contributed by atoms with E-state index in [9.17, 15) is 19.2 Å². The zero-order valence-corrected chi connectivity index (χ0v) is 10.8. The Kier molecular flexibility index (Phi) is 6.94.